The van der Waals surface area contributed by atoms with Crippen LogP contribution in [-0.4, -0.2) is 16.5 Å². The number of hydrogen-bond acceptors (Lipinski definition) is 1. The summed E-state index contributed by atoms with van der Waals surface area (Å²) in [5.74, 6) is 0.722. The van der Waals surface area contributed by atoms with Gasteiger partial charge in [-0.1, -0.05) is 15.9 Å². The number of rotatable bonds is 3. The zero-order valence-corrected chi connectivity index (χ0v) is 10.8. The quantitative estimate of drug-likeness (QED) is 0.692. The molecule has 0 aromatic rings. The van der Waals surface area contributed by atoms with E-state index in [-0.39, 0.29) is 11.2 Å². The summed E-state index contributed by atoms with van der Waals surface area (Å²) in [5.41, 5.74) is 0.159. The Morgan fingerprint density at radius 3 is 2.31 bits per heavy atom. The Morgan fingerprint density at radius 2 is 1.92 bits per heavy atom. The summed E-state index contributed by atoms with van der Waals surface area (Å²) >= 11 is 3.48. The Labute approximate surface area is 90.4 Å². The molecule has 0 aliphatic carbocycles. The predicted octanol–water partition coefficient (Wildman–Crippen LogP) is 3.76. The third-order valence-corrected chi connectivity index (χ3v) is 3.51. The Bertz CT molecular complexity index is 175. The number of hydrogen-bond donors (Lipinski definition) is 0. The van der Waals surface area contributed by atoms with Crippen LogP contribution in [0.5, 0.6) is 0 Å². The maximum Gasteiger partial charge on any atom is 0.0662 e. The Kier molecular flexibility index (Phi) is 3.45. The fourth-order valence-electron chi connectivity index (χ4n) is 2.45. The molecule has 0 spiro atoms. The molecule has 0 aromatic heterocycles. The summed E-state index contributed by atoms with van der Waals surface area (Å²) in [7, 11) is 0. The number of ether oxygens (including phenoxy) is 1. The van der Waals surface area contributed by atoms with Gasteiger partial charge in [-0.2, -0.15) is 0 Å². The van der Waals surface area contributed by atoms with Gasteiger partial charge in [0.05, 0.1) is 11.2 Å². The van der Waals surface area contributed by atoms with Gasteiger partial charge in [0.2, 0.25) is 0 Å². The Hall–Kier alpha value is 0.440. The van der Waals surface area contributed by atoms with Crippen molar-refractivity contribution in [3.8, 4) is 0 Å². The molecular weight excluding hydrogens is 228 g/mol. The van der Waals surface area contributed by atoms with E-state index in [9.17, 15) is 0 Å². The van der Waals surface area contributed by atoms with Gasteiger partial charge in [0.1, 0.15) is 0 Å². The van der Waals surface area contributed by atoms with Gasteiger partial charge in [0, 0.05) is 5.33 Å². The zero-order chi connectivity index (χ0) is 10.1. The van der Waals surface area contributed by atoms with Crippen LogP contribution in [0.25, 0.3) is 0 Å². The van der Waals surface area contributed by atoms with Crippen LogP contribution in [0, 0.1) is 5.92 Å². The number of halogens is 1. The molecule has 0 N–H and O–H groups in total. The fraction of sp³-hybridized carbons (Fsp3) is 1.00. The minimum atomic E-state index is 0.0751. The van der Waals surface area contributed by atoms with Gasteiger partial charge in [-0.3, -0.25) is 0 Å². The third kappa shape index (κ3) is 2.95. The van der Waals surface area contributed by atoms with Crippen LogP contribution >= 0.6 is 15.9 Å². The standard InChI is InChI=1S/C11H21BrO/c1-10(2)8-9(6-5-7-12)11(3,4)13-10/h9H,5-8H2,1-4H3. The van der Waals surface area contributed by atoms with E-state index in [1.165, 1.54) is 19.3 Å². The van der Waals surface area contributed by atoms with Gasteiger partial charge in [-0.25, -0.2) is 0 Å². The summed E-state index contributed by atoms with van der Waals surface area (Å²) in [6.45, 7) is 8.84. The lowest BCUT2D eigenvalue weighted by Crippen LogP contribution is -2.29. The molecule has 1 saturated heterocycles. The lowest BCUT2D eigenvalue weighted by atomic mass is 9.84. The van der Waals surface area contributed by atoms with Crippen molar-refractivity contribution in [1.82, 2.24) is 0 Å². The lowest BCUT2D eigenvalue weighted by Gasteiger charge is -2.27. The van der Waals surface area contributed by atoms with E-state index in [1.807, 2.05) is 0 Å². The molecule has 1 atom stereocenters. The average Bonchev–Trinajstić information content (AvgIpc) is 2.14. The average molecular weight is 249 g/mol. The van der Waals surface area contributed by atoms with Crippen LogP contribution in [0.15, 0.2) is 0 Å². The van der Waals surface area contributed by atoms with Gasteiger partial charge in [0.15, 0.2) is 0 Å². The van der Waals surface area contributed by atoms with Crippen molar-refractivity contribution in [2.45, 2.75) is 58.2 Å². The normalized spacial score (nSPS) is 30.7. The highest BCUT2D eigenvalue weighted by Crippen LogP contribution is 2.43. The highest BCUT2D eigenvalue weighted by Gasteiger charge is 2.44. The second kappa shape index (κ2) is 3.90. The molecule has 0 bridgehead atoms. The van der Waals surface area contributed by atoms with Crippen LogP contribution in [0.2, 0.25) is 0 Å². The third-order valence-electron chi connectivity index (χ3n) is 2.95. The van der Waals surface area contributed by atoms with Gasteiger partial charge in [0.25, 0.3) is 0 Å². The van der Waals surface area contributed by atoms with Crippen molar-refractivity contribution >= 4 is 15.9 Å². The van der Waals surface area contributed by atoms with E-state index in [1.54, 1.807) is 0 Å². The molecule has 78 valence electrons. The van der Waals surface area contributed by atoms with E-state index < -0.39 is 0 Å². The summed E-state index contributed by atoms with van der Waals surface area (Å²) in [6.07, 6.45) is 3.74. The first-order valence-electron chi connectivity index (χ1n) is 5.13. The largest absolute Gasteiger partial charge is 0.369 e. The summed E-state index contributed by atoms with van der Waals surface area (Å²) in [4.78, 5) is 0. The van der Waals surface area contributed by atoms with Gasteiger partial charge < -0.3 is 4.74 Å². The van der Waals surface area contributed by atoms with Gasteiger partial charge in [-0.05, 0) is 52.9 Å². The molecule has 1 unspecified atom stereocenters. The topological polar surface area (TPSA) is 9.23 Å². The first-order valence-corrected chi connectivity index (χ1v) is 6.26. The maximum atomic E-state index is 6.03. The van der Waals surface area contributed by atoms with Gasteiger partial charge in [-0.15, -0.1) is 0 Å². The highest BCUT2D eigenvalue weighted by atomic mass is 79.9. The molecule has 1 nitrogen and oxygen atoms in total. The minimum absolute atomic E-state index is 0.0751. The van der Waals surface area contributed by atoms with Crippen LogP contribution in [-0.2, 0) is 4.74 Å². The van der Waals surface area contributed by atoms with E-state index in [0.29, 0.717) is 0 Å². The molecule has 1 rings (SSSR count). The molecule has 0 aromatic carbocycles. The van der Waals surface area contributed by atoms with Crippen molar-refractivity contribution in [2.24, 2.45) is 5.92 Å². The highest BCUT2D eigenvalue weighted by molar-refractivity contribution is 9.09. The molecule has 0 saturated carbocycles. The van der Waals surface area contributed by atoms with E-state index >= 15 is 0 Å². The Morgan fingerprint density at radius 1 is 1.31 bits per heavy atom. The summed E-state index contributed by atoms with van der Waals surface area (Å²) < 4.78 is 6.03. The molecule has 13 heavy (non-hydrogen) atoms. The first-order chi connectivity index (χ1) is 5.87. The fourth-order valence-corrected chi connectivity index (χ4v) is 2.77. The van der Waals surface area contributed by atoms with Crippen LogP contribution in [0.3, 0.4) is 0 Å². The SMILES string of the molecule is CC1(C)CC(CCCBr)C(C)(C)O1. The van der Waals surface area contributed by atoms with Crippen molar-refractivity contribution in [3.05, 3.63) is 0 Å². The van der Waals surface area contributed by atoms with Crippen molar-refractivity contribution in [3.63, 3.8) is 0 Å². The molecule has 0 radical (unpaired) electrons. The molecule has 1 aliphatic rings. The molecule has 0 amide bonds. The lowest BCUT2D eigenvalue weighted by molar-refractivity contribution is -0.0751. The second-order valence-corrected chi connectivity index (χ2v) is 5.99. The zero-order valence-electron chi connectivity index (χ0n) is 9.19. The summed E-state index contributed by atoms with van der Waals surface area (Å²) in [6, 6.07) is 0. The first kappa shape index (κ1) is 11.5. The maximum absolute atomic E-state index is 6.03. The van der Waals surface area contributed by atoms with Crippen LogP contribution in [0.4, 0.5) is 0 Å². The number of alkyl halides is 1. The molecule has 1 heterocycles. The molecule has 1 aliphatic heterocycles. The van der Waals surface area contributed by atoms with Gasteiger partial charge >= 0.3 is 0 Å². The molecule has 1 fully saturated rings. The van der Waals surface area contributed by atoms with Crippen molar-refractivity contribution in [1.29, 1.82) is 0 Å². The van der Waals surface area contributed by atoms with Crippen LogP contribution in [0.1, 0.15) is 47.0 Å². The van der Waals surface area contributed by atoms with E-state index in [4.69, 9.17) is 4.74 Å². The molecule has 2 heteroatoms. The molecular formula is C11H21BrO. The van der Waals surface area contributed by atoms with Crippen molar-refractivity contribution < 1.29 is 4.74 Å². The Balaban J connectivity index is 2.54. The van der Waals surface area contributed by atoms with Crippen LogP contribution < -0.4 is 0 Å². The summed E-state index contributed by atoms with van der Waals surface area (Å²) in [5, 5.41) is 1.11. The monoisotopic (exact) mass is 248 g/mol. The van der Waals surface area contributed by atoms with E-state index in [0.717, 1.165) is 11.2 Å². The minimum Gasteiger partial charge on any atom is -0.369 e. The second-order valence-electron chi connectivity index (χ2n) is 5.20. The van der Waals surface area contributed by atoms with Crippen molar-refractivity contribution in [2.75, 3.05) is 5.33 Å². The predicted molar refractivity (Wildman–Crippen MR) is 60.4 cm³/mol. The van der Waals surface area contributed by atoms with E-state index in [2.05, 4.69) is 43.6 Å². The smallest absolute Gasteiger partial charge is 0.0662 e.